The molecule has 0 amide bonds. The number of halogens is 2. The molecule has 0 saturated heterocycles. The van der Waals surface area contributed by atoms with Crippen molar-refractivity contribution in [3.63, 3.8) is 0 Å². The summed E-state index contributed by atoms with van der Waals surface area (Å²) in [5.74, 6) is 0. The van der Waals surface area contributed by atoms with E-state index in [1.807, 2.05) is 31.2 Å². The second kappa shape index (κ2) is 6.89. The maximum atomic E-state index is 13.0. The van der Waals surface area contributed by atoms with Gasteiger partial charge in [0.15, 0.2) is 0 Å². The van der Waals surface area contributed by atoms with Gasteiger partial charge in [-0.05, 0) is 43.4 Å². The zero-order valence-electron chi connectivity index (χ0n) is 9.63. The molecule has 0 bridgehead atoms. The van der Waals surface area contributed by atoms with E-state index in [-0.39, 0.29) is 0 Å². The molecule has 1 nitrogen and oxygen atoms in total. The molecular weight excluding hydrogens is 269 g/mol. The Kier molecular flexibility index (Phi) is 5.81. The van der Waals surface area contributed by atoms with Gasteiger partial charge in [0, 0.05) is 10.5 Å². The number of hydrogen-bond donors (Lipinski definition) is 1. The van der Waals surface area contributed by atoms with Crippen LogP contribution in [-0.4, -0.2) is 6.17 Å². The third kappa shape index (κ3) is 4.52. The Hall–Kier alpha value is -0.570. The van der Waals surface area contributed by atoms with Gasteiger partial charge in [-0.15, -0.1) is 0 Å². The van der Waals surface area contributed by atoms with E-state index >= 15 is 0 Å². The van der Waals surface area contributed by atoms with E-state index in [0.29, 0.717) is 17.7 Å². The van der Waals surface area contributed by atoms with Gasteiger partial charge in [-0.2, -0.15) is 0 Å². The molecule has 1 aromatic rings. The third-order valence-corrected chi connectivity index (χ3v) is 3.70. The van der Waals surface area contributed by atoms with Crippen molar-refractivity contribution in [2.45, 2.75) is 43.6 Å². The second-order valence-corrected chi connectivity index (χ2v) is 5.18. The zero-order valence-corrected chi connectivity index (χ0v) is 11.2. The van der Waals surface area contributed by atoms with Crippen LogP contribution in [0.25, 0.3) is 0 Å². The standard InChI is InChI=1S/C13H19BrFN/c1-2-11(15)4-3-5-13(14)10-6-8-12(16)9-7-10/h6-9,11,13H,2-5,16H2,1H3/t11?,13-/m1/s1. The molecule has 2 atom stereocenters. The van der Waals surface area contributed by atoms with E-state index in [1.54, 1.807) is 0 Å². The highest BCUT2D eigenvalue weighted by molar-refractivity contribution is 9.09. The van der Waals surface area contributed by atoms with E-state index in [9.17, 15) is 4.39 Å². The minimum Gasteiger partial charge on any atom is -0.399 e. The topological polar surface area (TPSA) is 26.0 Å². The van der Waals surface area contributed by atoms with E-state index < -0.39 is 6.17 Å². The number of rotatable bonds is 6. The summed E-state index contributed by atoms with van der Waals surface area (Å²) in [4.78, 5) is 0.303. The van der Waals surface area contributed by atoms with Crippen molar-refractivity contribution in [3.05, 3.63) is 29.8 Å². The lowest BCUT2D eigenvalue weighted by atomic mass is 10.0. The van der Waals surface area contributed by atoms with Crippen LogP contribution in [0.1, 0.15) is 43.0 Å². The largest absolute Gasteiger partial charge is 0.399 e. The molecule has 0 spiro atoms. The van der Waals surface area contributed by atoms with Crippen molar-refractivity contribution in [1.29, 1.82) is 0 Å². The van der Waals surface area contributed by atoms with Crippen molar-refractivity contribution < 1.29 is 4.39 Å². The van der Waals surface area contributed by atoms with Crippen molar-refractivity contribution in [1.82, 2.24) is 0 Å². The number of alkyl halides is 2. The normalized spacial score (nSPS) is 14.7. The molecule has 0 aromatic heterocycles. The lowest BCUT2D eigenvalue weighted by Gasteiger charge is -2.11. The number of anilines is 1. The summed E-state index contributed by atoms with van der Waals surface area (Å²) in [6.07, 6.45) is 2.51. The van der Waals surface area contributed by atoms with Crippen LogP contribution in [0, 0.1) is 0 Å². The highest BCUT2D eigenvalue weighted by Gasteiger charge is 2.09. The number of hydrogen-bond acceptors (Lipinski definition) is 1. The van der Waals surface area contributed by atoms with E-state index in [4.69, 9.17) is 5.73 Å². The molecule has 0 saturated carbocycles. The van der Waals surface area contributed by atoms with E-state index in [1.165, 1.54) is 5.56 Å². The Bertz CT molecular complexity index is 299. The van der Waals surface area contributed by atoms with Crippen LogP contribution in [0.15, 0.2) is 24.3 Å². The number of nitrogens with two attached hydrogens (primary N) is 1. The van der Waals surface area contributed by atoms with Crippen LogP contribution in [0.3, 0.4) is 0 Å². The Morgan fingerprint density at radius 2 is 1.88 bits per heavy atom. The van der Waals surface area contributed by atoms with Crippen LogP contribution in [0.5, 0.6) is 0 Å². The molecule has 16 heavy (non-hydrogen) atoms. The summed E-state index contributed by atoms with van der Waals surface area (Å²) < 4.78 is 13.0. The summed E-state index contributed by atoms with van der Waals surface area (Å²) in [5, 5.41) is 0. The van der Waals surface area contributed by atoms with Crippen molar-refractivity contribution in [2.75, 3.05) is 5.73 Å². The van der Waals surface area contributed by atoms with Gasteiger partial charge in [-0.1, -0.05) is 35.0 Å². The zero-order chi connectivity index (χ0) is 12.0. The molecule has 0 radical (unpaired) electrons. The van der Waals surface area contributed by atoms with Gasteiger partial charge >= 0.3 is 0 Å². The Morgan fingerprint density at radius 3 is 2.44 bits per heavy atom. The van der Waals surface area contributed by atoms with E-state index in [2.05, 4.69) is 15.9 Å². The molecule has 1 aromatic carbocycles. The fourth-order valence-corrected chi connectivity index (χ4v) is 2.22. The first-order chi connectivity index (χ1) is 7.63. The smallest absolute Gasteiger partial charge is 0.0999 e. The molecule has 1 rings (SSSR count). The molecule has 0 aliphatic rings. The van der Waals surface area contributed by atoms with Crippen LogP contribution in [0.4, 0.5) is 10.1 Å². The van der Waals surface area contributed by atoms with Crippen molar-refractivity contribution >= 4 is 21.6 Å². The fraction of sp³-hybridized carbons (Fsp3) is 0.538. The first-order valence-electron chi connectivity index (χ1n) is 5.77. The maximum Gasteiger partial charge on any atom is 0.0999 e. The lowest BCUT2D eigenvalue weighted by molar-refractivity contribution is 0.297. The minimum atomic E-state index is -0.647. The van der Waals surface area contributed by atoms with Gasteiger partial charge < -0.3 is 5.73 Å². The fourth-order valence-electron chi connectivity index (χ4n) is 1.59. The van der Waals surface area contributed by atoms with Crippen molar-refractivity contribution in [3.8, 4) is 0 Å². The second-order valence-electron chi connectivity index (χ2n) is 4.07. The van der Waals surface area contributed by atoms with E-state index in [0.717, 1.165) is 18.5 Å². The first-order valence-corrected chi connectivity index (χ1v) is 6.68. The predicted octanol–water partition coefficient (Wildman–Crippen LogP) is 4.62. The number of benzene rings is 1. The summed E-state index contributed by atoms with van der Waals surface area (Å²) in [6, 6.07) is 7.82. The van der Waals surface area contributed by atoms with Gasteiger partial charge in [-0.3, -0.25) is 0 Å². The summed E-state index contributed by atoms with van der Waals surface area (Å²) in [5.41, 5.74) is 7.61. The Morgan fingerprint density at radius 1 is 1.25 bits per heavy atom. The van der Waals surface area contributed by atoms with Gasteiger partial charge in [0.25, 0.3) is 0 Å². The maximum absolute atomic E-state index is 13.0. The highest BCUT2D eigenvalue weighted by Crippen LogP contribution is 2.29. The monoisotopic (exact) mass is 287 g/mol. The summed E-state index contributed by atoms with van der Waals surface area (Å²) >= 11 is 3.62. The molecule has 0 heterocycles. The highest BCUT2D eigenvalue weighted by atomic mass is 79.9. The molecular formula is C13H19BrFN. The summed E-state index contributed by atoms with van der Waals surface area (Å²) in [6.45, 7) is 1.89. The minimum absolute atomic E-state index is 0.303. The molecule has 0 aliphatic carbocycles. The van der Waals surface area contributed by atoms with Crippen molar-refractivity contribution in [2.24, 2.45) is 0 Å². The Balaban J connectivity index is 2.35. The average Bonchev–Trinajstić information content (AvgIpc) is 2.29. The van der Waals surface area contributed by atoms with Gasteiger partial charge in [0.2, 0.25) is 0 Å². The third-order valence-electron chi connectivity index (χ3n) is 2.72. The lowest BCUT2D eigenvalue weighted by Crippen LogP contribution is -1.98. The van der Waals surface area contributed by atoms with Crippen LogP contribution in [0.2, 0.25) is 0 Å². The molecule has 3 heteroatoms. The molecule has 0 aliphatic heterocycles. The molecule has 0 fully saturated rings. The SMILES string of the molecule is CCC(F)CCC[C@@H](Br)c1ccc(N)cc1. The average molecular weight is 288 g/mol. The summed E-state index contributed by atoms with van der Waals surface area (Å²) in [7, 11) is 0. The molecule has 90 valence electrons. The molecule has 2 N–H and O–H groups in total. The van der Waals surface area contributed by atoms with Gasteiger partial charge in [-0.25, -0.2) is 4.39 Å². The van der Waals surface area contributed by atoms with Gasteiger partial charge in [0.05, 0.1) is 6.17 Å². The van der Waals surface area contributed by atoms with Gasteiger partial charge in [0.1, 0.15) is 0 Å². The Labute approximate surface area is 105 Å². The molecule has 1 unspecified atom stereocenters. The van der Waals surface area contributed by atoms with Crippen LogP contribution in [-0.2, 0) is 0 Å². The quantitative estimate of drug-likeness (QED) is 0.599. The van der Waals surface area contributed by atoms with Crippen LogP contribution < -0.4 is 5.73 Å². The number of nitrogen functional groups attached to an aromatic ring is 1. The predicted molar refractivity (Wildman–Crippen MR) is 71.6 cm³/mol. The first kappa shape index (κ1) is 13.5. The van der Waals surface area contributed by atoms with Crippen LogP contribution >= 0.6 is 15.9 Å².